The molecule has 1 aliphatic rings. The summed E-state index contributed by atoms with van der Waals surface area (Å²) in [5.74, 6) is 0.564. The Labute approximate surface area is 119 Å². The molecule has 0 bridgehead atoms. The monoisotopic (exact) mass is 279 g/mol. The maximum absolute atomic E-state index is 11.4. The molecule has 0 atom stereocenters. The van der Waals surface area contributed by atoms with Gasteiger partial charge >= 0.3 is 6.03 Å². The number of rotatable bonds is 2. The molecule has 3 amide bonds. The smallest absolute Gasteiger partial charge is 0.326 e. The highest BCUT2D eigenvalue weighted by atomic mass is 16.3. The van der Waals surface area contributed by atoms with Crippen LogP contribution in [-0.2, 0) is 4.79 Å². The highest BCUT2D eigenvalue weighted by Gasteiger charge is 2.23. The Hall–Kier alpha value is -3.33. The molecule has 1 saturated heterocycles. The van der Waals surface area contributed by atoms with Crippen LogP contribution in [0, 0.1) is 11.3 Å². The molecule has 1 aliphatic heterocycles. The van der Waals surface area contributed by atoms with Gasteiger partial charge in [-0.3, -0.25) is 10.1 Å². The number of hydrogen-bond donors (Lipinski definition) is 2. The molecule has 2 heterocycles. The van der Waals surface area contributed by atoms with Crippen LogP contribution in [-0.4, -0.2) is 11.9 Å². The quantitative estimate of drug-likeness (QED) is 0.649. The fourth-order valence-electron chi connectivity index (χ4n) is 1.92. The SMILES string of the molecule is N#Cc1ccc(-c2ccc(/C=C3/NC(=O)NC3=O)o2)cc1. The molecule has 1 fully saturated rings. The summed E-state index contributed by atoms with van der Waals surface area (Å²) < 4.78 is 5.60. The van der Waals surface area contributed by atoms with Crippen LogP contribution in [0.4, 0.5) is 4.79 Å². The summed E-state index contributed by atoms with van der Waals surface area (Å²) in [6.45, 7) is 0. The van der Waals surface area contributed by atoms with Crippen molar-refractivity contribution in [3.8, 4) is 17.4 Å². The van der Waals surface area contributed by atoms with Crippen LogP contribution in [0.1, 0.15) is 11.3 Å². The zero-order valence-corrected chi connectivity index (χ0v) is 10.7. The standard InChI is InChI=1S/C15H9N3O3/c16-8-9-1-3-10(4-2-9)13-6-5-11(21-13)7-12-14(19)18-15(20)17-12/h1-7H,(H2,17,18,19,20)/b12-7+. The lowest BCUT2D eigenvalue weighted by atomic mass is 10.1. The summed E-state index contributed by atoms with van der Waals surface area (Å²) in [6.07, 6.45) is 1.45. The van der Waals surface area contributed by atoms with E-state index < -0.39 is 11.9 Å². The maximum Gasteiger partial charge on any atom is 0.326 e. The van der Waals surface area contributed by atoms with Gasteiger partial charge in [-0.2, -0.15) is 5.26 Å². The molecule has 6 heteroatoms. The van der Waals surface area contributed by atoms with Gasteiger partial charge in [0, 0.05) is 11.6 Å². The van der Waals surface area contributed by atoms with Crippen LogP contribution in [0.3, 0.4) is 0 Å². The van der Waals surface area contributed by atoms with Crippen molar-refractivity contribution < 1.29 is 14.0 Å². The first-order chi connectivity index (χ1) is 10.2. The second kappa shape index (κ2) is 4.98. The maximum atomic E-state index is 11.4. The first-order valence-corrected chi connectivity index (χ1v) is 6.10. The predicted octanol–water partition coefficient (Wildman–Crippen LogP) is 2.00. The normalized spacial score (nSPS) is 15.7. The molecule has 0 aliphatic carbocycles. The second-order valence-corrected chi connectivity index (χ2v) is 4.36. The van der Waals surface area contributed by atoms with E-state index in [9.17, 15) is 9.59 Å². The van der Waals surface area contributed by atoms with Crippen LogP contribution >= 0.6 is 0 Å². The van der Waals surface area contributed by atoms with Crippen molar-refractivity contribution in [2.24, 2.45) is 0 Å². The average Bonchev–Trinajstić information content (AvgIpc) is 3.07. The molecule has 1 aromatic heterocycles. The summed E-state index contributed by atoms with van der Waals surface area (Å²) in [6, 6.07) is 11.9. The highest BCUT2D eigenvalue weighted by Crippen LogP contribution is 2.23. The first-order valence-electron chi connectivity index (χ1n) is 6.10. The molecule has 102 valence electrons. The van der Waals surface area contributed by atoms with Gasteiger partial charge in [0.1, 0.15) is 17.2 Å². The summed E-state index contributed by atoms with van der Waals surface area (Å²) in [5.41, 5.74) is 1.53. The number of carbonyl (C=O) groups excluding carboxylic acids is 2. The Kier molecular flexibility index (Phi) is 3.01. The van der Waals surface area contributed by atoms with Gasteiger partial charge in [0.25, 0.3) is 5.91 Å². The van der Waals surface area contributed by atoms with Crippen LogP contribution in [0.5, 0.6) is 0 Å². The number of urea groups is 1. The third-order valence-corrected chi connectivity index (χ3v) is 2.93. The summed E-state index contributed by atoms with van der Waals surface area (Å²) in [7, 11) is 0. The predicted molar refractivity (Wildman–Crippen MR) is 73.5 cm³/mol. The van der Waals surface area contributed by atoms with E-state index in [0.29, 0.717) is 17.1 Å². The molecular weight excluding hydrogens is 270 g/mol. The number of nitrogens with one attached hydrogen (secondary N) is 2. The van der Waals surface area contributed by atoms with Crippen LogP contribution in [0.2, 0.25) is 0 Å². The zero-order chi connectivity index (χ0) is 14.8. The van der Waals surface area contributed by atoms with E-state index in [0.717, 1.165) is 5.56 Å². The van der Waals surface area contributed by atoms with E-state index in [1.807, 2.05) is 6.07 Å². The number of furan rings is 1. The Bertz CT molecular complexity index is 794. The molecule has 0 saturated carbocycles. The van der Waals surface area contributed by atoms with Gasteiger partial charge in [0.05, 0.1) is 11.6 Å². The van der Waals surface area contributed by atoms with E-state index >= 15 is 0 Å². The topological polar surface area (TPSA) is 95.1 Å². The van der Waals surface area contributed by atoms with Crippen LogP contribution in [0.15, 0.2) is 46.5 Å². The van der Waals surface area contributed by atoms with Gasteiger partial charge < -0.3 is 9.73 Å². The third kappa shape index (κ3) is 2.53. The third-order valence-electron chi connectivity index (χ3n) is 2.93. The van der Waals surface area contributed by atoms with Crippen molar-refractivity contribution in [3.63, 3.8) is 0 Å². The van der Waals surface area contributed by atoms with Gasteiger partial charge in [0.15, 0.2) is 0 Å². The van der Waals surface area contributed by atoms with E-state index in [4.69, 9.17) is 9.68 Å². The molecule has 0 spiro atoms. The zero-order valence-electron chi connectivity index (χ0n) is 10.7. The Morgan fingerprint density at radius 2 is 1.81 bits per heavy atom. The number of benzene rings is 1. The summed E-state index contributed by atoms with van der Waals surface area (Å²) in [4.78, 5) is 22.4. The largest absolute Gasteiger partial charge is 0.457 e. The lowest BCUT2D eigenvalue weighted by molar-refractivity contribution is -0.115. The fourth-order valence-corrected chi connectivity index (χ4v) is 1.92. The van der Waals surface area contributed by atoms with Crippen LogP contribution < -0.4 is 10.6 Å². The van der Waals surface area contributed by atoms with Gasteiger partial charge in [-0.1, -0.05) is 0 Å². The van der Waals surface area contributed by atoms with E-state index in [1.54, 1.807) is 36.4 Å². The van der Waals surface area contributed by atoms with E-state index in [1.165, 1.54) is 6.08 Å². The van der Waals surface area contributed by atoms with E-state index in [2.05, 4.69) is 10.6 Å². The Balaban J connectivity index is 1.86. The molecule has 3 rings (SSSR count). The van der Waals surface area contributed by atoms with Gasteiger partial charge in [-0.25, -0.2) is 4.79 Å². The number of imide groups is 1. The number of amides is 3. The van der Waals surface area contributed by atoms with Crippen molar-refractivity contribution in [3.05, 3.63) is 53.4 Å². The lowest BCUT2D eigenvalue weighted by Crippen LogP contribution is -2.22. The fraction of sp³-hybridized carbons (Fsp3) is 0. The molecule has 0 unspecified atom stereocenters. The van der Waals surface area contributed by atoms with Gasteiger partial charge in [-0.05, 0) is 36.4 Å². The average molecular weight is 279 g/mol. The molecule has 0 radical (unpaired) electrons. The molecule has 21 heavy (non-hydrogen) atoms. The van der Waals surface area contributed by atoms with Gasteiger partial charge in [0.2, 0.25) is 0 Å². The number of carbonyl (C=O) groups is 2. The second-order valence-electron chi connectivity index (χ2n) is 4.36. The summed E-state index contributed by atoms with van der Waals surface area (Å²) in [5, 5.41) is 13.2. The molecular formula is C15H9N3O3. The Morgan fingerprint density at radius 1 is 1.05 bits per heavy atom. The molecule has 2 N–H and O–H groups in total. The lowest BCUT2D eigenvalue weighted by Gasteiger charge is -1.96. The van der Waals surface area contributed by atoms with Crippen LogP contribution in [0.25, 0.3) is 17.4 Å². The minimum Gasteiger partial charge on any atom is -0.457 e. The number of nitriles is 1. The minimum atomic E-state index is -0.551. The Morgan fingerprint density at radius 3 is 2.43 bits per heavy atom. The van der Waals surface area contributed by atoms with Crippen molar-refractivity contribution >= 4 is 18.0 Å². The highest BCUT2D eigenvalue weighted by molar-refractivity contribution is 6.13. The molecule has 1 aromatic carbocycles. The molecule has 6 nitrogen and oxygen atoms in total. The summed E-state index contributed by atoms with van der Waals surface area (Å²) >= 11 is 0. The molecule has 2 aromatic rings. The number of nitrogens with zero attached hydrogens (tertiary/aromatic N) is 1. The van der Waals surface area contributed by atoms with E-state index in [-0.39, 0.29) is 5.70 Å². The first kappa shape index (κ1) is 12.7. The van der Waals surface area contributed by atoms with Crippen molar-refractivity contribution in [2.45, 2.75) is 0 Å². The van der Waals surface area contributed by atoms with Crippen molar-refractivity contribution in [2.75, 3.05) is 0 Å². The number of hydrogen-bond acceptors (Lipinski definition) is 4. The van der Waals surface area contributed by atoms with Crippen molar-refractivity contribution in [1.29, 1.82) is 5.26 Å². The minimum absolute atomic E-state index is 0.140. The van der Waals surface area contributed by atoms with Crippen molar-refractivity contribution in [1.82, 2.24) is 10.6 Å². The van der Waals surface area contributed by atoms with Gasteiger partial charge in [-0.15, -0.1) is 0 Å².